The quantitative estimate of drug-likeness (QED) is 0.243. The van der Waals surface area contributed by atoms with Gasteiger partial charge in [0.25, 0.3) is 5.91 Å². The Kier molecular flexibility index (Phi) is 10.4. The van der Waals surface area contributed by atoms with Crippen LogP contribution in [0.3, 0.4) is 0 Å². The molecule has 0 spiro atoms. The monoisotopic (exact) mass is 603 g/mol. The normalized spacial score (nSPS) is 18.7. The third kappa shape index (κ3) is 8.70. The summed E-state index contributed by atoms with van der Waals surface area (Å²) in [6.07, 6.45) is 2.98. The van der Waals surface area contributed by atoms with Crippen LogP contribution >= 0.6 is 0 Å². The van der Waals surface area contributed by atoms with Crippen LogP contribution in [0.4, 0.5) is 4.79 Å². The Morgan fingerprint density at radius 1 is 1.02 bits per heavy atom. The van der Waals surface area contributed by atoms with Crippen LogP contribution in [0.2, 0.25) is 0 Å². The van der Waals surface area contributed by atoms with Crippen LogP contribution in [-0.4, -0.2) is 84.0 Å². The molecule has 44 heavy (non-hydrogen) atoms. The van der Waals surface area contributed by atoms with E-state index in [0.29, 0.717) is 12.3 Å². The first kappa shape index (κ1) is 31.7. The smallest absolute Gasteiger partial charge is 0.410 e. The number of carbonyl (C=O) groups excluding carboxylic acids is 2. The molecular weight excluding hydrogens is 558 g/mol. The minimum Gasteiger partial charge on any atom is -0.491 e. The zero-order valence-corrected chi connectivity index (χ0v) is 26.4. The number of hydrogen-bond acceptors (Lipinski definition) is 7. The summed E-state index contributed by atoms with van der Waals surface area (Å²) < 4.78 is 23.2. The van der Waals surface area contributed by atoms with E-state index in [9.17, 15) is 9.59 Å². The van der Waals surface area contributed by atoms with Gasteiger partial charge in [0.15, 0.2) is 6.10 Å². The van der Waals surface area contributed by atoms with Crippen molar-refractivity contribution in [2.24, 2.45) is 0 Å². The Bertz CT molecular complexity index is 1400. The lowest BCUT2D eigenvalue weighted by molar-refractivity contribution is -0.160. The van der Waals surface area contributed by atoms with Crippen LogP contribution in [0.25, 0.3) is 10.9 Å². The maximum atomic E-state index is 14.2. The van der Waals surface area contributed by atoms with Gasteiger partial charge in [0.05, 0.1) is 30.8 Å². The summed E-state index contributed by atoms with van der Waals surface area (Å²) >= 11 is 0. The number of hydrogen-bond donors (Lipinski definition) is 0. The molecule has 0 radical (unpaired) electrons. The number of ether oxygens (including phenoxy) is 4. The van der Waals surface area contributed by atoms with Crippen molar-refractivity contribution < 1.29 is 28.5 Å². The SMILES string of the molecule is COCCCCc1cc(CN(C(=O)C2CN(C(=O)OC(C)(C)C)CC(COc3ccccc3)O2)C2CC2)nc2ccccc12. The van der Waals surface area contributed by atoms with Gasteiger partial charge < -0.3 is 28.7 Å². The first-order valence-electron chi connectivity index (χ1n) is 15.7. The molecule has 1 saturated heterocycles. The van der Waals surface area contributed by atoms with Crippen molar-refractivity contribution in [3.63, 3.8) is 0 Å². The van der Waals surface area contributed by atoms with E-state index in [4.69, 9.17) is 23.9 Å². The second-order valence-electron chi connectivity index (χ2n) is 12.7. The molecule has 3 aromatic rings. The number of nitrogens with zero attached hydrogens (tertiary/aromatic N) is 3. The Morgan fingerprint density at radius 3 is 2.50 bits per heavy atom. The van der Waals surface area contributed by atoms with Gasteiger partial charge in [-0.3, -0.25) is 9.78 Å². The third-order valence-electron chi connectivity index (χ3n) is 7.78. The molecule has 0 bridgehead atoms. The molecule has 1 aliphatic carbocycles. The van der Waals surface area contributed by atoms with E-state index in [-0.39, 0.29) is 31.6 Å². The maximum Gasteiger partial charge on any atom is 0.410 e. The number of unbranched alkanes of at least 4 members (excludes halogenated alkanes) is 1. The van der Waals surface area contributed by atoms with Gasteiger partial charge in [-0.25, -0.2) is 4.79 Å². The van der Waals surface area contributed by atoms with Crippen LogP contribution in [-0.2, 0) is 32.0 Å². The highest BCUT2D eigenvalue weighted by Crippen LogP contribution is 2.31. The lowest BCUT2D eigenvalue weighted by Crippen LogP contribution is -2.57. The average molecular weight is 604 g/mol. The first-order valence-corrected chi connectivity index (χ1v) is 15.7. The van der Waals surface area contributed by atoms with Crippen molar-refractivity contribution in [2.75, 3.05) is 33.4 Å². The van der Waals surface area contributed by atoms with Crippen LogP contribution in [0.5, 0.6) is 5.75 Å². The van der Waals surface area contributed by atoms with Gasteiger partial charge in [-0.05, 0) is 82.7 Å². The lowest BCUT2D eigenvalue weighted by Gasteiger charge is -2.39. The first-order chi connectivity index (χ1) is 21.2. The molecule has 1 aliphatic heterocycles. The number of benzene rings is 2. The number of methoxy groups -OCH3 is 1. The molecule has 2 aliphatic rings. The average Bonchev–Trinajstić information content (AvgIpc) is 3.86. The standard InChI is InChI=1S/C35H45N3O6/c1-35(2,3)44-34(40)37-22-29(24-42-28-13-6-5-7-14-28)43-32(23-37)33(39)38(27-17-18-27)21-26-20-25(12-10-11-19-41-4)30-15-8-9-16-31(30)36-26/h5-9,13-16,20,27,29,32H,10-12,17-19,21-24H2,1-4H3. The summed E-state index contributed by atoms with van der Waals surface area (Å²) in [5, 5.41) is 1.14. The highest BCUT2D eigenvalue weighted by molar-refractivity contribution is 5.84. The molecule has 2 amide bonds. The van der Waals surface area contributed by atoms with Gasteiger partial charge in [-0.1, -0.05) is 36.4 Å². The molecule has 0 N–H and O–H groups in total. The molecule has 9 heteroatoms. The lowest BCUT2D eigenvalue weighted by atomic mass is 10.0. The Balaban J connectivity index is 1.35. The number of pyridine rings is 1. The predicted molar refractivity (Wildman–Crippen MR) is 169 cm³/mol. The predicted octanol–water partition coefficient (Wildman–Crippen LogP) is 5.78. The van der Waals surface area contributed by atoms with Crippen LogP contribution in [0, 0.1) is 0 Å². The summed E-state index contributed by atoms with van der Waals surface area (Å²) in [7, 11) is 1.73. The molecule has 2 atom stereocenters. The minimum atomic E-state index is -0.838. The van der Waals surface area contributed by atoms with Gasteiger partial charge in [-0.15, -0.1) is 0 Å². The van der Waals surface area contributed by atoms with Crippen LogP contribution in [0.15, 0.2) is 60.7 Å². The number of fused-ring (bicyclic) bond motifs is 1. The number of aromatic nitrogens is 1. The Labute approximate surface area is 260 Å². The number of aryl methyl sites for hydroxylation is 1. The maximum absolute atomic E-state index is 14.2. The minimum absolute atomic E-state index is 0.120. The fourth-order valence-corrected chi connectivity index (χ4v) is 5.54. The number of morpholine rings is 1. The van der Waals surface area contributed by atoms with Gasteiger partial charge >= 0.3 is 6.09 Å². The van der Waals surface area contributed by atoms with E-state index in [0.717, 1.165) is 55.3 Å². The zero-order chi connectivity index (χ0) is 31.1. The van der Waals surface area contributed by atoms with Gasteiger partial charge in [0, 0.05) is 25.1 Å². The fourth-order valence-electron chi connectivity index (χ4n) is 5.54. The van der Waals surface area contributed by atoms with Crippen molar-refractivity contribution in [1.82, 2.24) is 14.8 Å². The van der Waals surface area contributed by atoms with Crippen LogP contribution in [0.1, 0.15) is 57.7 Å². The molecule has 5 rings (SSSR count). The highest BCUT2D eigenvalue weighted by atomic mass is 16.6. The summed E-state index contributed by atoms with van der Waals surface area (Å²) in [5.41, 5.74) is 2.36. The van der Waals surface area contributed by atoms with Gasteiger partial charge in [0.2, 0.25) is 0 Å². The highest BCUT2D eigenvalue weighted by Gasteiger charge is 2.42. The molecule has 2 unspecified atom stereocenters. The van der Waals surface area contributed by atoms with Crippen molar-refractivity contribution >= 4 is 22.9 Å². The third-order valence-corrected chi connectivity index (χ3v) is 7.78. The molecule has 2 fully saturated rings. The second-order valence-corrected chi connectivity index (χ2v) is 12.7. The van der Waals surface area contributed by atoms with E-state index in [2.05, 4.69) is 12.1 Å². The molecule has 9 nitrogen and oxygen atoms in total. The molecule has 1 aromatic heterocycles. The molecule has 236 valence electrons. The molecule has 2 heterocycles. The van der Waals surface area contributed by atoms with Gasteiger partial charge in [0.1, 0.15) is 24.1 Å². The topological polar surface area (TPSA) is 90.4 Å². The number of carbonyl (C=O) groups is 2. The molecule has 1 saturated carbocycles. The second kappa shape index (κ2) is 14.4. The van der Waals surface area contributed by atoms with E-state index < -0.39 is 23.9 Å². The fraction of sp³-hybridized carbons (Fsp3) is 0.514. The summed E-state index contributed by atoms with van der Waals surface area (Å²) in [5.74, 6) is 0.565. The molecule has 2 aromatic carbocycles. The van der Waals surface area contributed by atoms with E-state index in [1.165, 1.54) is 5.56 Å². The Hall–Kier alpha value is -3.69. The van der Waals surface area contributed by atoms with Crippen molar-refractivity contribution in [3.8, 4) is 5.75 Å². The largest absolute Gasteiger partial charge is 0.491 e. The van der Waals surface area contributed by atoms with E-state index >= 15 is 0 Å². The van der Waals surface area contributed by atoms with Crippen molar-refractivity contribution in [1.29, 1.82) is 0 Å². The summed E-state index contributed by atoms with van der Waals surface area (Å²) in [4.78, 5) is 35.8. The van der Waals surface area contributed by atoms with Crippen molar-refractivity contribution in [2.45, 2.75) is 83.3 Å². The summed E-state index contributed by atoms with van der Waals surface area (Å²) in [6, 6.07) is 19.9. The number of para-hydroxylation sites is 2. The van der Waals surface area contributed by atoms with Gasteiger partial charge in [-0.2, -0.15) is 0 Å². The van der Waals surface area contributed by atoms with E-state index in [1.807, 2.05) is 74.2 Å². The molecular formula is C35H45N3O6. The number of amides is 2. The van der Waals surface area contributed by atoms with Crippen LogP contribution < -0.4 is 4.74 Å². The number of rotatable bonds is 12. The van der Waals surface area contributed by atoms with Crippen molar-refractivity contribution in [3.05, 3.63) is 71.9 Å². The van der Waals surface area contributed by atoms with E-state index in [1.54, 1.807) is 12.0 Å². The zero-order valence-electron chi connectivity index (χ0n) is 26.4. The Morgan fingerprint density at radius 2 is 1.77 bits per heavy atom. The summed E-state index contributed by atoms with van der Waals surface area (Å²) in [6.45, 7) is 7.22.